The van der Waals surface area contributed by atoms with Gasteiger partial charge in [0.25, 0.3) is 0 Å². The maximum Gasteiger partial charge on any atom is 0.126 e. The van der Waals surface area contributed by atoms with E-state index in [-0.39, 0.29) is 11.2 Å². The second-order valence-electron chi connectivity index (χ2n) is 4.62. The molecule has 0 nitrogen and oxygen atoms in total. The summed E-state index contributed by atoms with van der Waals surface area (Å²) in [5, 5.41) is 0. The van der Waals surface area contributed by atoms with Crippen molar-refractivity contribution in [2.75, 3.05) is 0 Å². The van der Waals surface area contributed by atoms with Gasteiger partial charge < -0.3 is 0 Å². The summed E-state index contributed by atoms with van der Waals surface area (Å²) in [7, 11) is 0. The van der Waals surface area contributed by atoms with Crippen LogP contribution in [0.3, 0.4) is 0 Å². The summed E-state index contributed by atoms with van der Waals surface area (Å²) in [4.78, 5) is 0. The normalized spacial score (nSPS) is 11.8. The lowest BCUT2D eigenvalue weighted by Crippen LogP contribution is -2.18. The van der Waals surface area contributed by atoms with Crippen LogP contribution in [-0.2, 0) is 5.41 Å². The first-order valence-electron chi connectivity index (χ1n) is 5.24. The second kappa shape index (κ2) is 4.12. The van der Waals surface area contributed by atoms with Gasteiger partial charge in [-0.1, -0.05) is 44.9 Å². The van der Waals surface area contributed by atoms with Crippen LogP contribution in [-0.4, -0.2) is 0 Å². The summed E-state index contributed by atoms with van der Waals surface area (Å²) in [5.74, 6) is -0.0750. The minimum Gasteiger partial charge on any atom is -0.207 e. The molecular formula is C13H19F. The molecule has 0 fully saturated rings. The fraction of sp³-hybridized carbons (Fsp3) is 0.538. The van der Waals surface area contributed by atoms with Crippen molar-refractivity contribution in [3.63, 3.8) is 0 Å². The Hall–Kier alpha value is -0.850. The first-order valence-corrected chi connectivity index (χ1v) is 5.24. The van der Waals surface area contributed by atoms with E-state index < -0.39 is 0 Å². The van der Waals surface area contributed by atoms with E-state index in [1.807, 2.05) is 19.1 Å². The molecule has 0 saturated carbocycles. The van der Waals surface area contributed by atoms with Crippen molar-refractivity contribution in [1.29, 1.82) is 0 Å². The van der Waals surface area contributed by atoms with Crippen molar-refractivity contribution in [2.24, 2.45) is 0 Å². The highest BCUT2D eigenvalue weighted by atomic mass is 19.1. The van der Waals surface area contributed by atoms with Crippen molar-refractivity contribution in [3.05, 3.63) is 35.1 Å². The molecular weight excluding hydrogens is 175 g/mol. The van der Waals surface area contributed by atoms with E-state index in [9.17, 15) is 4.39 Å². The zero-order chi connectivity index (χ0) is 10.8. The van der Waals surface area contributed by atoms with Gasteiger partial charge in [-0.3, -0.25) is 0 Å². The average molecular weight is 194 g/mol. The Morgan fingerprint density at radius 2 is 1.93 bits per heavy atom. The molecule has 1 rings (SSSR count). The molecule has 0 N–H and O–H groups in total. The van der Waals surface area contributed by atoms with Gasteiger partial charge >= 0.3 is 0 Å². The Labute approximate surface area is 86.2 Å². The number of aryl methyl sites for hydroxylation is 1. The molecule has 1 heteroatoms. The largest absolute Gasteiger partial charge is 0.207 e. The molecule has 0 unspecified atom stereocenters. The maximum atomic E-state index is 13.6. The predicted molar refractivity (Wildman–Crippen MR) is 59.1 cm³/mol. The van der Waals surface area contributed by atoms with E-state index in [2.05, 4.69) is 20.8 Å². The van der Waals surface area contributed by atoms with Crippen LogP contribution in [0, 0.1) is 12.7 Å². The summed E-state index contributed by atoms with van der Waals surface area (Å²) in [6.45, 7) is 8.35. The van der Waals surface area contributed by atoms with Gasteiger partial charge in [0.1, 0.15) is 5.82 Å². The van der Waals surface area contributed by atoms with Crippen LogP contribution >= 0.6 is 0 Å². The van der Waals surface area contributed by atoms with Crippen molar-refractivity contribution in [1.82, 2.24) is 0 Å². The second-order valence-corrected chi connectivity index (χ2v) is 4.62. The number of hydrogen-bond donors (Lipinski definition) is 0. The number of benzene rings is 1. The van der Waals surface area contributed by atoms with Gasteiger partial charge in [-0.15, -0.1) is 0 Å². The van der Waals surface area contributed by atoms with Crippen molar-refractivity contribution in [2.45, 2.75) is 46.0 Å². The third kappa shape index (κ3) is 2.34. The molecule has 1 aromatic carbocycles. The molecule has 14 heavy (non-hydrogen) atoms. The van der Waals surface area contributed by atoms with Crippen molar-refractivity contribution in [3.8, 4) is 0 Å². The topological polar surface area (TPSA) is 0 Å². The van der Waals surface area contributed by atoms with Crippen LogP contribution in [0.15, 0.2) is 18.2 Å². The minimum absolute atomic E-state index is 0.0507. The highest BCUT2D eigenvalue weighted by Crippen LogP contribution is 2.30. The van der Waals surface area contributed by atoms with E-state index >= 15 is 0 Å². The zero-order valence-corrected chi connectivity index (χ0v) is 9.52. The molecule has 1 aromatic rings. The Bertz CT molecular complexity index is 313. The average Bonchev–Trinajstić information content (AvgIpc) is 2.09. The molecule has 0 atom stereocenters. The summed E-state index contributed by atoms with van der Waals surface area (Å²) in [6, 6.07) is 5.36. The van der Waals surface area contributed by atoms with Crippen LogP contribution in [0.2, 0.25) is 0 Å². The lowest BCUT2D eigenvalue weighted by molar-refractivity contribution is 0.444. The van der Waals surface area contributed by atoms with Gasteiger partial charge in [-0.05, 0) is 30.4 Å². The molecule has 0 aliphatic heterocycles. The fourth-order valence-electron chi connectivity index (χ4n) is 1.92. The summed E-state index contributed by atoms with van der Waals surface area (Å²) in [6.07, 6.45) is 2.10. The Kier molecular flexibility index (Phi) is 3.30. The fourth-order valence-corrected chi connectivity index (χ4v) is 1.92. The van der Waals surface area contributed by atoms with Crippen LogP contribution < -0.4 is 0 Å². The number of halogens is 1. The minimum atomic E-state index is -0.0750. The molecule has 78 valence electrons. The standard InChI is InChI=1S/C13H19F/c1-5-8-13(3,4)11-9-10(2)6-7-12(11)14/h6-7,9H,5,8H2,1-4H3. The van der Waals surface area contributed by atoms with Gasteiger partial charge in [0.15, 0.2) is 0 Å². The summed E-state index contributed by atoms with van der Waals surface area (Å²) in [5.41, 5.74) is 1.93. The van der Waals surface area contributed by atoms with Crippen LogP contribution in [0.4, 0.5) is 4.39 Å². The molecule has 0 bridgehead atoms. The molecule has 0 heterocycles. The predicted octanol–water partition coefficient (Wildman–Crippen LogP) is 4.21. The van der Waals surface area contributed by atoms with E-state index in [4.69, 9.17) is 0 Å². The van der Waals surface area contributed by atoms with E-state index in [0.717, 1.165) is 24.0 Å². The Balaban J connectivity index is 3.10. The Morgan fingerprint density at radius 3 is 2.50 bits per heavy atom. The monoisotopic (exact) mass is 194 g/mol. The summed E-state index contributed by atoms with van der Waals surface area (Å²) >= 11 is 0. The quantitative estimate of drug-likeness (QED) is 0.676. The molecule has 0 radical (unpaired) electrons. The van der Waals surface area contributed by atoms with Crippen molar-refractivity contribution < 1.29 is 4.39 Å². The first-order chi connectivity index (χ1) is 6.47. The molecule has 0 aromatic heterocycles. The molecule has 0 aliphatic rings. The number of rotatable bonds is 3. The van der Waals surface area contributed by atoms with E-state index in [0.29, 0.717) is 0 Å². The lowest BCUT2D eigenvalue weighted by atomic mass is 9.80. The highest BCUT2D eigenvalue weighted by Gasteiger charge is 2.22. The SMILES string of the molecule is CCCC(C)(C)c1cc(C)ccc1F. The summed E-state index contributed by atoms with van der Waals surface area (Å²) < 4.78 is 13.6. The smallest absolute Gasteiger partial charge is 0.126 e. The van der Waals surface area contributed by atoms with Gasteiger partial charge in [0.2, 0.25) is 0 Å². The zero-order valence-electron chi connectivity index (χ0n) is 9.52. The van der Waals surface area contributed by atoms with Crippen LogP contribution in [0.25, 0.3) is 0 Å². The molecule has 0 aliphatic carbocycles. The van der Waals surface area contributed by atoms with Crippen LogP contribution in [0.1, 0.15) is 44.7 Å². The van der Waals surface area contributed by atoms with Gasteiger partial charge in [0.05, 0.1) is 0 Å². The van der Waals surface area contributed by atoms with Crippen molar-refractivity contribution >= 4 is 0 Å². The third-order valence-corrected chi connectivity index (χ3v) is 2.73. The number of hydrogen-bond acceptors (Lipinski definition) is 0. The van der Waals surface area contributed by atoms with E-state index in [1.54, 1.807) is 6.07 Å². The van der Waals surface area contributed by atoms with Gasteiger partial charge in [-0.25, -0.2) is 4.39 Å². The lowest BCUT2D eigenvalue weighted by Gasteiger charge is -2.25. The Morgan fingerprint density at radius 1 is 1.29 bits per heavy atom. The third-order valence-electron chi connectivity index (χ3n) is 2.73. The van der Waals surface area contributed by atoms with Crippen LogP contribution in [0.5, 0.6) is 0 Å². The maximum absolute atomic E-state index is 13.6. The highest BCUT2D eigenvalue weighted by molar-refractivity contribution is 5.29. The molecule has 0 saturated heterocycles. The van der Waals surface area contributed by atoms with E-state index in [1.165, 1.54) is 0 Å². The molecule has 0 amide bonds. The molecule has 0 spiro atoms. The van der Waals surface area contributed by atoms with Gasteiger partial charge in [-0.2, -0.15) is 0 Å². The first kappa shape index (κ1) is 11.2. The van der Waals surface area contributed by atoms with Gasteiger partial charge in [0, 0.05) is 0 Å².